The van der Waals surface area contributed by atoms with Crippen molar-refractivity contribution in [1.82, 2.24) is 4.90 Å². The largest absolute Gasteiger partial charge is 0.494 e. The maximum Gasteiger partial charge on any atom is 0.146 e. The lowest BCUT2D eigenvalue weighted by Crippen LogP contribution is -2.44. The molecule has 104 valence electrons. The number of hydrogen-bond donors (Lipinski definition) is 0. The quantitative estimate of drug-likeness (QED) is 0.737. The smallest absolute Gasteiger partial charge is 0.146 e. The van der Waals surface area contributed by atoms with Crippen LogP contribution in [-0.2, 0) is 4.79 Å². The topological polar surface area (TPSA) is 29.5 Å². The van der Waals surface area contributed by atoms with Gasteiger partial charge >= 0.3 is 0 Å². The van der Waals surface area contributed by atoms with E-state index in [1.54, 1.807) is 6.92 Å². The summed E-state index contributed by atoms with van der Waals surface area (Å²) in [6.07, 6.45) is 4.39. The van der Waals surface area contributed by atoms with Gasteiger partial charge in [0.05, 0.1) is 12.6 Å². The van der Waals surface area contributed by atoms with Crippen LogP contribution >= 0.6 is 0 Å². The molecule has 19 heavy (non-hydrogen) atoms. The van der Waals surface area contributed by atoms with Crippen molar-refractivity contribution < 1.29 is 9.53 Å². The highest BCUT2D eigenvalue weighted by atomic mass is 16.5. The summed E-state index contributed by atoms with van der Waals surface area (Å²) in [5.41, 5.74) is 0. The molecule has 1 saturated heterocycles. The highest BCUT2D eigenvalue weighted by Crippen LogP contribution is 2.18. The molecule has 0 radical (unpaired) electrons. The van der Waals surface area contributed by atoms with Crippen LogP contribution in [0.2, 0.25) is 0 Å². The third-order valence-corrected chi connectivity index (χ3v) is 3.68. The highest BCUT2D eigenvalue weighted by Gasteiger charge is 2.25. The SMILES string of the molecule is CC(=O)C1CCCCN1CCCOc1ccccc1. The zero-order chi connectivity index (χ0) is 13.5. The van der Waals surface area contributed by atoms with Gasteiger partial charge in [-0.1, -0.05) is 24.6 Å². The number of nitrogens with zero attached hydrogens (tertiary/aromatic N) is 1. The lowest BCUT2D eigenvalue weighted by Gasteiger charge is -2.33. The molecule has 1 atom stereocenters. The number of rotatable bonds is 6. The van der Waals surface area contributed by atoms with E-state index < -0.39 is 0 Å². The number of likely N-dealkylation sites (tertiary alicyclic amines) is 1. The van der Waals surface area contributed by atoms with Crippen molar-refractivity contribution in [3.8, 4) is 5.75 Å². The zero-order valence-electron chi connectivity index (χ0n) is 11.7. The van der Waals surface area contributed by atoms with Gasteiger partial charge in [-0.15, -0.1) is 0 Å². The number of hydrogen-bond acceptors (Lipinski definition) is 3. The third-order valence-electron chi connectivity index (χ3n) is 3.68. The van der Waals surface area contributed by atoms with Crippen molar-refractivity contribution in [2.45, 2.75) is 38.6 Å². The average Bonchev–Trinajstić information content (AvgIpc) is 2.45. The van der Waals surface area contributed by atoms with Crippen LogP contribution in [0.4, 0.5) is 0 Å². The Morgan fingerprint density at radius 2 is 2.11 bits per heavy atom. The fourth-order valence-corrected chi connectivity index (χ4v) is 2.69. The lowest BCUT2D eigenvalue weighted by atomic mass is 9.99. The van der Waals surface area contributed by atoms with E-state index in [-0.39, 0.29) is 6.04 Å². The van der Waals surface area contributed by atoms with Gasteiger partial charge in [-0.25, -0.2) is 0 Å². The second kappa shape index (κ2) is 7.29. The van der Waals surface area contributed by atoms with Crippen molar-refractivity contribution in [2.24, 2.45) is 0 Å². The van der Waals surface area contributed by atoms with Crippen molar-refractivity contribution >= 4 is 5.78 Å². The molecule has 1 unspecified atom stereocenters. The highest BCUT2D eigenvalue weighted by molar-refractivity contribution is 5.81. The summed E-state index contributed by atoms with van der Waals surface area (Å²) in [5, 5.41) is 0. The van der Waals surface area contributed by atoms with Gasteiger partial charge < -0.3 is 4.74 Å². The molecular weight excluding hydrogens is 238 g/mol. The van der Waals surface area contributed by atoms with Crippen molar-refractivity contribution in [3.63, 3.8) is 0 Å². The van der Waals surface area contributed by atoms with Crippen LogP contribution in [0.1, 0.15) is 32.6 Å². The molecule has 1 heterocycles. The molecule has 3 nitrogen and oxygen atoms in total. The monoisotopic (exact) mass is 261 g/mol. The van der Waals surface area contributed by atoms with E-state index in [4.69, 9.17) is 4.74 Å². The predicted octanol–water partition coefficient (Wildman–Crippen LogP) is 2.90. The molecule has 0 saturated carbocycles. The van der Waals surface area contributed by atoms with Gasteiger partial charge in [-0.3, -0.25) is 9.69 Å². The van der Waals surface area contributed by atoms with Gasteiger partial charge in [-0.2, -0.15) is 0 Å². The Bertz CT molecular complexity index is 391. The van der Waals surface area contributed by atoms with Crippen LogP contribution in [0.3, 0.4) is 0 Å². The number of para-hydroxylation sites is 1. The van der Waals surface area contributed by atoms with Gasteiger partial charge in [-0.05, 0) is 44.9 Å². The summed E-state index contributed by atoms with van der Waals surface area (Å²) in [7, 11) is 0. The molecular formula is C16H23NO2. The van der Waals surface area contributed by atoms with E-state index in [9.17, 15) is 4.79 Å². The van der Waals surface area contributed by atoms with E-state index in [0.29, 0.717) is 12.4 Å². The number of ether oxygens (including phenoxy) is 1. The minimum absolute atomic E-state index is 0.144. The zero-order valence-corrected chi connectivity index (χ0v) is 11.7. The second-order valence-corrected chi connectivity index (χ2v) is 5.17. The summed E-state index contributed by atoms with van der Waals surface area (Å²) < 4.78 is 5.68. The maximum atomic E-state index is 11.6. The van der Waals surface area contributed by atoms with Crippen LogP contribution in [-0.4, -0.2) is 36.4 Å². The van der Waals surface area contributed by atoms with Gasteiger partial charge in [0.2, 0.25) is 0 Å². The summed E-state index contributed by atoms with van der Waals surface area (Å²) >= 11 is 0. The number of Topliss-reactive ketones (excluding diaryl/α,β-unsaturated/α-hetero) is 1. The Hall–Kier alpha value is -1.35. The van der Waals surface area contributed by atoms with Crippen LogP contribution < -0.4 is 4.74 Å². The normalized spacial score (nSPS) is 20.2. The molecule has 1 aliphatic heterocycles. The summed E-state index contributed by atoms with van der Waals surface area (Å²) in [6.45, 7) is 4.43. The van der Waals surface area contributed by atoms with Crippen LogP contribution in [0, 0.1) is 0 Å². The molecule has 0 aliphatic carbocycles. The van der Waals surface area contributed by atoms with E-state index >= 15 is 0 Å². The molecule has 0 N–H and O–H groups in total. The van der Waals surface area contributed by atoms with Gasteiger partial charge in [0.25, 0.3) is 0 Å². The molecule has 2 rings (SSSR count). The fourth-order valence-electron chi connectivity index (χ4n) is 2.69. The number of ketones is 1. The first-order valence-electron chi connectivity index (χ1n) is 7.20. The van der Waals surface area contributed by atoms with E-state index in [0.717, 1.165) is 31.7 Å². The molecule has 1 aromatic carbocycles. The first-order valence-corrected chi connectivity index (χ1v) is 7.20. The van der Waals surface area contributed by atoms with E-state index in [1.165, 1.54) is 12.8 Å². The maximum absolute atomic E-state index is 11.6. The van der Waals surface area contributed by atoms with Crippen LogP contribution in [0.15, 0.2) is 30.3 Å². The Morgan fingerprint density at radius 1 is 1.32 bits per heavy atom. The first-order chi connectivity index (χ1) is 9.27. The van der Waals surface area contributed by atoms with Crippen LogP contribution in [0.5, 0.6) is 5.75 Å². The Balaban J connectivity index is 1.71. The Morgan fingerprint density at radius 3 is 2.84 bits per heavy atom. The summed E-state index contributed by atoms with van der Waals surface area (Å²) in [5.74, 6) is 1.23. The van der Waals surface area contributed by atoms with Gasteiger partial charge in [0.1, 0.15) is 11.5 Å². The van der Waals surface area contributed by atoms with E-state index in [1.807, 2.05) is 30.3 Å². The minimum Gasteiger partial charge on any atom is -0.494 e. The van der Waals surface area contributed by atoms with E-state index in [2.05, 4.69) is 4.90 Å². The third kappa shape index (κ3) is 4.35. The van der Waals surface area contributed by atoms with Crippen molar-refractivity contribution in [2.75, 3.05) is 19.7 Å². The summed E-state index contributed by atoms with van der Waals surface area (Å²) in [6, 6.07) is 10.0. The molecule has 0 aromatic heterocycles. The van der Waals surface area contributed by atoms with Crippen LogP contribution in [0.25, 0.3) is 0 Å². The molecule has 1 fully saturated rings. The average molecular weight is 261 g/mol. The molecule has 0 spiro atoms. The number of carbonyl (C=O) groups is 1. The molecule has 3 heteroatoms. The first kappa shape index (κ1) is 14.1. The minimum atomic E-state index is 0.144. The number of benzene rings is 1. The molecule has 1 aliphatic rings. The molecule has 0 amide bonds. The molecule has 0 bridgehead atoms. The van der Waals surface area contributed by atoms with Crippen molar-refractivity contribution in [1.29, 1.82) is 0 Å². The molecule has 1 aromatic rings. The Kier molecular flexibility index (Phi) is 5.40. The lowest BCUT2D eigenvalue weighted by molar-refractivity contribution is -0.123. The Labute approximate surface area is 115 Å². The van der Waals surface area contributed by atoms with Gasteiger partial charge in [0.15, 0.2) is 0 Å². The van der Waals surface area contributed by atoms with Gasteiger partial charge in [0, 0.05) is 6.54 Å². The number of carbonyl (C=O) groups excluding carboxylic acids is 1. The number of piperidine rings is 1. The van der Waals surface area contributed by atoms with Crippen molar-refractivity contribution in [3.05, 3.63) is 30.3 Å². The second-order valence-electron chi connectivity index (χ2n) is 5.17. The fraction of sp³-hybridized carbons (Fsp3) is 0.562. The standard InChI is InChI=1S/C16H23NO2/c1-14(18)16-10-5-6-11-17(16)12-7-13-19-15-8-3-2-4-9-15/h2-4,8-9,16H,5-7,10-13H2,1H3. The predicted molar refractivity (Wildman–Crippen MR) is 76.4 cm³/mol. The summed E-state index contributed by atoms with van der Waals surface area (Å²) in [4.78, 5) is 13.9.